The van der Waals surface area contributed by atoms with Gasteiger partial charge in [0, 0.05) is 16.1 Å². The molecule has 1 nitrogen and oxygen atoms in total. The number of aryl methyl sites for hydroxylation is 2. The molecule has 0 saturated carbocycles. The van der Waals surface area contributed by atoms with Crippen LogP contribution in [0.4, 0.5) is 0 Å². The van der Waals surface area contributed by atoms with Gasteiger partial charge in [-0.15, -0.1) is 0 Å². The van der Waals surface area contributed by atoms with E-state index in [1.165, 1.54) is 0 Å². The fourth-order valence-electron chi connectivity index (χ4n) is 1.94. The van der Waals surface area contributed by atoms with Crippen LogP contribution in [0.3, 0.4) is 0 Å². The fraction of sp³-hybridized carbons (Fsp3) is 0.133. The average Bonchev–Trinajstić information content (AvgIpc) is 2.32. The maximum atomic E-state index is 10.9. The maximum absolute atomic E-state index is 10.9. The molecule has 0 aliphatic heterocycles. The molecule has 0 amide bonds. The molecule has 0 N–H and O–H groups in total. The molecule has 0 unspecified atom stereocenters. The Bertz CT molecular complexity index is 573. The Morgan fingerprint density at radius 1 is 1.00 bits per heavy atom. The van der Waals surface area contributed by atoms with Crippen molar-refractivity contribution in [2.24, 2.45) is 0 Å². The van der Waals surface area contributed by atoms with E-state index in [4.69, 9.17) is 11.6 Å². The Hall–Kier alpha value is -1.60. The SMILES string of the molecule is Cc1cc(-c2ccccc2Cl)c(C)cc1C=O. The minimum Gasteiger partial charge on any atom is -0.298 e. The van der Waals surface area contributed by atoms with Gasteiger partial charge in [0.1, 0.15) is 6.29 Å². The van der Waals surface area contributed by atoms with Gasteiger partial charge in [-0.3, -0.25) is 4.79 Å². The summed E-state index contributed by atoms with van der Waals surface area (Å²) >= 11 is 6.19. The predicted octanol–water partition coefficient (Wildman–Crippen LogP) is 4.44. The second-order valence-corrected chi connectivity index (χ2v) is 4.53. The summed E-state index contributed by atoms with van der Waals surface area (Å²) in [7, 11) is 0. The van der Waals surface area contributed by atoms with Gasteiger partial charge < -0.3 is 0 Å². The van der Waals surface area contributed by atoms with Crippen molar-refractivity contribution in [1.29, 1.82) is 0 Å². The van der Waals surface area contributed by atoms with Crippen molar-refractivity contribution in [3.63, 3.8) is 0 Å². The highest BCUT2D eigenvalue weighted by molar-refractivity contribution is 6.33. The normalized spacial score (nSPS) is 10.3. The molecule has 2 aromatic rings. The van der Waals surface area contributed by atoms with Gasteiger partial charge in [0.05, 0.1) is 0 Å². The van der Waals surface area contributed by atoms with E-state index in [1.54, 1.807) is 0 Å². The summed E-state index contributed by atoms with van der Waals surface area (Å²) in [6.07, 6.45) is 0.888. The fourth-order valence-corrected chi connectivity index (χ4v) is 2.17. The molecule has 0 aliphatic carbocycles. The van der Waals surface area contributed by atoms with E-state index in [2.05, 4.69) is 0 Å². The minimum absolute atomic E-state index is 0.730. The average molecular weight is 245 g/mol. The Morgan fingerprint density at radius 3 is 2.35 bits per heavy atom. The molecule has 0 aromatic heterocycles. The van der Waals surface area contributed by atoms with Crippen LogP contribution in [-0.2, 0) is 0 Å². The molecule has 86 valence electrons. The number of carbonyl (C=O) groups excluding carboxylic acids is 1. The van der Waals surface area contributed by atoms with Gasteiger partial charge in [0.15, 0.2) is 0 Å². The minimum atomic E-state index is 0.730. The quantitative estimate of drug-likeness (QED) is 0.714. The van der Waals surface area contributed by atoms with Crippen LogP contribution in [0.5, 0.6) is 0 Å². The summed E-state index contributed by atoms with van der Waals surface area (Å²) in [4.78, 5) is 10.9. The Kier molecular flexibility index (Phi) is 3.30. The molecule has 0 atom stereocenters. The number of halogens is 1. The van der Waals surface area contributed by atoms with Crippen molar-refractivity contribution in [2.75, 3.05) is 0 Å². The first-order chi connectivity index (χ1) is 8.13. The maximum Gasteiger partial charge on any atom is 0.150 e. The molecular weight excluding hydrogens is 232 g/mol. The first-order valence-electron chi connectivity index (χ1n) is 5.45. The molecule has 2 aromatic carbocycles. The van der Waals surface area contributed by atoms with E-state index in [0.29, 0.717) is 0 Å². The first-order valence-corrected chi connectivity index (χ1v) is 5.82. The van der Waals surface area contributed by atoms with Gasteiger partial charge in [0.2, 0.25) is 0 Å². The van der Waals surface area contributed by atoms with Crippen molar-refractivity contribution >= 4 is 17.9 Å². The van der Waals surface area contributed by atoms with Gasteiger partial charge in [-0.25, -0.2) is 0 Å². The number of carbonyl (C=O) groups is 1. The molecule has 0 heterocycles. The number of aldehydes is 1. The third-order valence-electron chi connectivity index (χ3n) is 2.90. The van der Waals surface area contributed by atoms with Crippen molar-refractivity contribution in [1.82, 2.24) is 0 Å². The lowest BCUT2D eigenvalue weighted by Crippen LogP contribution is -1.92. The highest BCUT2D eigenvalue weighted by atomic mass is 35.5. The standard InChI is InChI=1S/C15H13ClO/c1-10-8-14(11(2)7-12(10)9-17)13-5-3-4-6-15(13)16/h3-9H,1-2H3. The molecule has 0 fully saturated rings. The number of benzene rings is 2. The van der Waals surface area contributed by atoms with Gasteiger partial charge in [-0.2, -0.15) is 0 Å². The van der Waals surface area contributed by atoms with E-state index >= 15 is 0 Å². The Balaban J connectivity index is 2.65. The van der Waals surface area contributed by atoms with Gasteiger partial charge in [-0.1, -0.05) is 35.9 Å². The third kappa shape index (κ3) is 2.25. The lowest BCUT2D eigenvalue weighted by molar-refractivity contribution is 0.112. The highest BCUT2D eigenvalue weighted by Gasteiger charge is 2.08. The van der Waals surface area contributed by atoms with Gasteiger partial charge in [-0.05, 0) is 42.7 Å². The molecule has 2 rings (SSSR count). The van der Waals surface area contributed by atoms with E-state index < -0.39 is 0 Å². The summed E-state index contributed by atoms with van der Waals surface area (Å²) in [5.41, 5.74) is 4.86. The zero-order valence-electron chi connectivity index (χ0n) is 9.83. The van der Waals surface area contributed by atoms with Crippen LogP contribution >= 0.6 is 11.6 Å². The zero-order chi connectivity index (χ0) is 12.4. The second-order valence-electron chi connectivity index (χ2n) is 4.12. The molecule has 0 aliphatic rings. The summed E-state index contributed by atoms with van der Waals surface area (Å²) in [6, 6.07) is 11.7. The molecule has 17 heavy (non-hydrogen) atoms. The molecule has 0 bridgehead atoms. The van der Waals surface area contributed by atoms with E-state index in [0.717, 1.165) is 39.1 Å². The van der Waals surface area contributed by atoms with Crippen LogP contribution in [0.25, 0.3) is 11.1 Å². The molecule has 0 spiro atoms. The molecular formula is C15H13ClO. The van der Waals surface area contributed by atoms with Crippen molar-refractivity contribution in [3.05, 3.63) is 58.1 Å². The van der Waals surface area contributed by atoms with Crippen LogP contribution in [-0.4, -0.2) is 6.29 Å². The zero-order valence-corrected chi connectivity index (χ0v) is 10.6. The summed E-state index contributed by atoms with van der Waals surface area (Å²) < 4.78 is 0. The highest BCUT2D eigenvalue weighted by Crippen LogP contribution is 2.31. The molecule has 0 radical (unpaired) electrons. The van der Waals surface area contributed by atoms with Crippen molar-refractivity contribution in [3.8, 4) is 11.1 Å². The molecule has 0 saturated heterocycles. The van der Waals surface area contributed by atoms with Gasteiger partial charge in [0.25, 0.3) is 0 Å². The largest absolute Gasteiger partial charge is 0.298 e. The predicted molar refractivity (Wildman–Crippen MR) is 71.7 cm³/mol. The van der Waals surface area contributed by atoms with E-state index in [1.807, 2.05) is 50.2 Å². The smallest absolute Gasteiger partial charge is 0.150 e. The lowest BCUT2D eigenvalue weighted by Gasteiger charge is -2.10. The first kappa shape index (κ1) is 11.9. The number of hydrogen-bond donors (Lipinski definition) is 0. The molecule has 2 heteroatoms. The van der Waals surface area contributed by atoms with Gasteiger partial charge >= 0.3 is 0 Å². The van der Waals surface area contributed by atoms with Crippen LogP contribution in [0.1, 0.15) is 21.5 Å². The lowest BCUT2D eigenvalue weighted by atomic mass is 9.95. The van der Waals surface area contributed by atoms with Crippen LogP contribution in [0, 0.1) is 13.8 Å². The van der Waals surface area contributed by atoms with Crippen molar-refractivity contribution in [2.45, 2.75) is 13.8 Å². The van der Waals surface area contributed by atoms with E-state index in [9.17, 15) is 4.79 Å². The van der Waals surface area contributed by atoms with Crippen molar-refractivity contribution < 1.29 is 4.79 Å². The monoisotopic (exact) mass is 244 g/mol. The number of hydrogen-bond acceptors (Lipinski definition) is 1. The van der Waals surface area contributed by atoms with Crippen LogP contribution in [0.2, 0.25) is 5.02 Å². The summed E-state index contributed by atoms with van der Waals surface area (Å²) in [5, 5.41) is 0.730. The summed E-state index contributed by atoms with van der Waals surface area (Å²) in [6.45, 7) is 3.93. The van der Waals surface area contributed by atoms with Crippen LogP contribution in [0.15, 0.2) is 36.4 Å². The summed E-state index contributed by atoms with van der Waals surface area (Å²) in [5.74, 6) is 0. The topological polar surface area (TPSA) is 17.1 Å². The second kappa shape index (κ2) is 4.72. The Morgan fingerprint density at radius 2 is 1.71 bits per heavy atom. The Labute approximate surface area is 106 Å². The number of rotatable bonds is 2. The third-order valence-corrected chi connectivity index (χ3v) is 3.23. The van der Waals surface area contributed by atoms with E-state index in [-0.39, 0.29) is 0 Å². The van der Waals surface area contributed by atoms with Crippen LogP contribution < -0.4 is 0 Å².